The van der Waals surface area contributed by atoms with Crippen LogP contribution in [0.5, 0.6) is 5.75 Å². The summed E-state index contributed by atoms with van der Waals surface area (Å²) < 4.78 is 11.5. The van der Waals surface area contributed by atoms with E-state index in [1.165, 1.54) is 37.7 Å². The molecule has 1 fully saturated rings. The molecule has 1 saturated carbocycles. The Morgan fingerprint density at radius 1 is 1.20 bits per heavy atom. The Hall–Kier alpha value is -1.06. The van der Waals surface area contributed by atoms with Crippen molar-refractivity contribution in [3.63, 3.8) is 0 Å². The maximum atomic E-state index is 6.07. The van der Waals surface area contributed by atoms with Crippen LogP contribution in [-0.4, -0.2) is 19.8 Å². The highest BCUT2D eigenvalue weighted by atomic mass is 16.5. The standard InChI is InChI=1S/C17H27NO2/c1-3-18-12-14-9-10-17(19-2)15(11-14)13-20-16-7-5-4-6-8-16/h9-11,16,18H,3-8,12-13H2,1-2H3. The lowest BCUT2D eigenvalue weighted by molar-refractivity contribution is 0.0160. The minimum Gasteiger partial charge on any atom is -0.496 e. The maximum absolute atomic E-state index is 6.07. The van der Waals surface area contributed by atoms with E-state index in [0.717, 1.165) is 24.4 Å². The molecule has 3 heteroatoms. The van der Waals surface area contributed by atoms with Crippen molar-refractivity contribution in [2.24, 2.45) is 0 Å². The van der Waals surface area contributed by atoms with Crippen molar-refractivity contribution in [3.05, 3.63) is 29.3 Å². The van der Waals surface area contributed by atoms with Gasteiger partial charge in [-0.15, -0.1) is 0 Å². The molecule has 1 aliphatic carbocycles. The Bertz CT molecular complexity index is 400. The Kier molecular flexibility index (Phi) is 6.34. The minimum atomic E-state index is 0.436. The Labute approximate surface area is 122 Å². The van der Waals surface area contributed by atoms with Crippen LogP contribution in [0.4, 0.5) is 0 Å². The zero-order chi connectivity index (χ0) is 14.2. The van der Waals surface area contributed by atoms with Gasteiger partial charge in [-0.1, -0.05) is 32.3 Å². The van der Waals surface area contributed by atoms with Crippen molar-refractivity contribution >= 4 is 0 Å². The number of ether oxygens (including phenoxy) is 2. The van der Waals surface area contributed by atoms with Crippen LogP contribution in [0.3, 0.4) is 0 Å². The summed E-state index contributed by atoms with van der Waals surface area (Å²) in [6.07, 6.45) is 6.83. The van der Waals surface area contributed by atoms with Crippen LogP contribution in [0, 0.1) is 0 Å². The van der Waals surface area contributed by atoms with E-state index in [1.807, 2.05) is 6.07 Å². The molecule has 0 spiro atoms. The van der Waals surface area contributed by atoms with Gasteiger partial charge in [-0.05, 0) is 37.1 Å². The number of benzene rings is 1. The summed E-state index contributed by atoms with van der Waals surface area (Å²) in [5, 5.41) is 3.35. The van der Waals surface area contributed by atoms with E-state index in [-0.39, 0.29) is 0 Å². The van der Waals surface area contributed by atoms with Crippen molar-refractivity contribution in [2.45, 2.75) is 58.3 Å². The normalized spacial score (nSPS) is 16.3. The lowest BCUT2D eigenvalue weighted by atomic mass is 9.98. The summed E-state index contributed by atoms with van der Waals surface area (Å²) in [4.78, 5) is 0. The van der Waals surface area contributed by atoms with Gasteiger partial charge in [0.15, 0.2) is 0 Å². The molecule has 0 atom stereocenters. The van der Waals surface area contributed by atoms with Gasteiger partial charge in [0.1, 0.15) is 5.75 Å². The first kappa shape index (κ1) is 15.3. The Morgan fingerprint density at radius 3 is 2.70 bits per heavy atom. The number of nitrogens with one attached hydrogen (secondary N) is 1. The number of rotatable bonds is 7. The van der Waals surface area contributed by atoms with Gasteiger partial charge in [-0.3, -0.25) is 0 Å². The van der Waals surface area contributed by atoms with Crippen molar-refractivity contribution < 1.29 is 9.47 Å². The topological polar surface area (TPSA) is 30.5 Å². The molecule has 1 aromatic rings. The fraction of sp³-hybridized carbons (Fsp3) is 0.647. The first-order valence-corrected chi connectivity index (χ1v) is 7.81. The quantitative estimate of drug-likeness (QED) is 0.825. The minimum absolute atomic E-state index is 0.436. The van der Waals surface area contributed by atoms with E-state index < -0.39 is 0 Å². The van der Waals surface area contributed by atoms with Crippen LogP contribution in [0.25, 0.3) is 0 Å². The largest absolute Gasteiger partial charge is 0.496 e. The highest BCUT2D eigenvalue weighted by Crippen LogP contribution is 2.25. The SMILES string of the molecule is CCNCc1ccc(OC)c(COC2CCCCC2)c1. The first-order valence-electron chi connectivity index (χ1n) is 7.81. The molecule has 112 valence electrons. The predicted octanol–water partition coefficient (Wildman–Crippen LogP) is 3.65. The van der Waals surface area contributed by atoms with E-state index in [0.29, 0.717) is 12.7 Å². The molecule has 0 aliphatic heterocycles. The summed E-state index contributed by atoms with van der Waals surface area (Å²) in [5.74, 6) is 0.932. The smallest absolute Gasteiger partial charge is 0.124 e. The molecule has 0 amide bonds. The Balaban J connectivity index is 1.96. The van der Waals surface area contributed by atoms with E-state index in [4.69, 9.17) is 9.47 Å². The molecule has 1 N–H and O–H groups in total. The average Bonchev–Trinajstić information content (AvgIpc) is 2.52. The van der Waals surface area contributed by atoms with Crippen molar-refractivity contribution in [2.75, 3.05) is 13.7 Å². The van der Waals surface area contributed by atoms with Gasteiger partial charge in [0.05, 0.1) is 19.8 Å². The summed E-state index contributed by atoms with van der Waals surface area (Å²) in [7, 11) is 1.73. The second-order valence-corrected chi connectivity index (χ2v) is 5.50. The molecular weight excluding hydrogens is 250 g/mol. The van der Waals surface area contributed by atoms with Gasteiger partial charge in [0, 0.05) is 12.1 Å². The summed E-state index contributed by atoms with van der Waals surface area (Å²) in [6.45, 7) is 4.67. The van der Waals surface area contributed by atoms with Gasteiger partial charge in [-0.2, -0.15) is 0 Å². The highest BCUT2D eigenvalue weighted by molar-refractivity contribution is 5.36. The second kappa shape index (κ2) is 8.28. The molecular formula is C17H27NO2. The molecule has 1 aliphatic rings. The zero-order valence-corrected chi connectivity index (χ0v) is 12.8. The molecule has 0 bridgehead atoms. The third-order valence-corrected chi connectivity index (χ3v) is 3.95. The number of methoxy groups -OCH3 is 1. The van der Waals surface area contributed by atoms with E-state index in [2.05, 4.69) is 24.4 Å². The predicted molar refractivity (Wildman–Crippen MR) is 82.0 cm³/mol. The van der Waals surface area contributed by atoms with Crippen LogP contribution in [0.1, 0.15) is 50.2 Å². The van der Waals surface area contributed by atoms with Crippen molar-refractivity contribution in [1.29, 1.82) is 0 Å². The molecule has 0 heterocycles. The van der Waals surface area contributed by atoms with Gasteiger partial charge < -0.3 is 14.8 Å². The third-order valence-electron chi connectivity index (χ3n) is 3.95. The molecule has 0 aromatic heterocycles. The summed E-state index contributed by atoms with van der Waals surface area (Å²) in [5.41, 5.74) is 2.45. The van der Waals surface area contributed by atoms with Gasteiger partial charge in [0.25, 0.3) is 0 Å². The molecule has 3 nitrogen and oxygen atoms in total. The number of hydrogen-bond donors (Lipinski definition) is 1. The average molecular weight is 277 g/mol. The fourth-order valence-corrected chi connectivity index (χ4v) is 2.76. The second-order valence-electron chi connectivity index (χ2n) is 5.50. The highest BCUT2D eigenvalue weighted by Gasteiger charge is 2.14. The van der Waals surface area contributed by atoms with Gasteiger partial charge in [-0.25, -0.2) is 0 Å². The van der Waals surface area contributed by atoms with E-state index in [9.17, 15) is 0 Å². The van der Waals surface area contributed by atoms with E-state index >= 15 is 0 Å². The third kappa shape index (κ3) is 4.50. The summed E-state index contributed by atoms with van der Waals surface area (Å²) >= 11 is 0. The molecule has 0 radical (unpaired) electrons. The number of hydrogen-bond acceptors (Lipinski definition) is 3. The molecule has 0 saturated heterocycles. The van der Waals surface area contributed by atoms with Crippen molar-refractivity contribution in [3.8, 4) is 5.75 Å². The lowest BCUT2D eigenvalue weighted by Crippen LogP contribution is -2.17. The van der Waals surface area contributed by atoms with Crippen LogP contribution in [0.2, 0.25) is 0 Å². The van der Waals surface area contributed by atoms with Crippen LogP contribution in [-0.2, 0) is 17.9 Å². The fourth-order valence-electron chi connectivity index (χ4n) is 2.76. The first-order chi connectivity index (χ1) is 9.83. The molecule has 2 rings (SSSR count). The lowest BCUT2D eigenvalue weighted by Gasteiger charge is -2.22. The van der Waals surface area contributed by atoms with Crippen LogP contribution >= 0.6 is 0 Å². The maximum Gasteiger partial charge on any atom is 0.124 e. The van der Waals surface area contributed by atoms with Crippen LogP contribution < -0.4 is 10.1 Å². The Morgan fingerprint density at radius 2 is 2.00 bits per heavy atom. The molecule has 0 unspecified atom stereocenters. The van der Waals surface area contributed by atoms with E-state index in [1.54, 1.807) is 7.11 Å². The zero-order valence-electron chi connectivity index (χ0n) is 12.8. The van der Waals surface area contributed by atoms with Gasteiger partial charge >= 0.3 is 0 Å². The van der Waals surface area contributed by atoms with Gasteiger partial charge in [0.2, 0.25) is 0 Å². The van der Waals surface area contributed by atoms with Crippen molar-refractivity contribution in [1.82, 2.24) is 5.32 Å². The summed E-state index contributed by atoms with van der Waals surface area (Å²) in [6, 6.07) is 6.36. The monoisotopic (exact) mass is 277 g/mol. The molecule has 1 aromatic carbocycles. The molecule has 20 heavy (non-hydrogen) atoms. The van der Waals surface area contributed by atoms with Crippen LogP contribution in [0.15, 0.2) is 18.2 Å².